The molecule has 0 aliphatic rings. The summed E-state index contributed by atoms with van der Waals surface area (Å²) in [4.78, 5) is 8.64. The van der Waals surface area contributed by atoms with Gasteiger partial charge in [-0.3, -0.25) is 5.10 Å². The summed E-state index contributed by atoms with van der Waals surface area (Å²) in [5.41, 5.74) is 7.65. The molecule has 0 bridgehead atoms. The highest BCUT2D eigenvalue weighted by molar-refractivity contribution is 5.88. The lowest BCUT2D eigenvalue weighted by Gasteiger charge is -2.00. The van der Waals surface area contributed by atoms with Crippen molar-refractivity contribution in [3.8, 4) is 11.5 Å². The van der Waals surface area contributed by atoms with Gasteiger partial charge in [0.2, 0.25) is 0 Å². The molecule has 0 radical (unpaired) electrons. The molecule has 0 aromatic carbocycles. The van der Waals surface area contributed by atoms with Crippen molar-refractivity contribution in [2.75, 3.05) is 5.73 Å². The van der Waals surface area contributed by atoms with E-state index in [1.165, 1.54) is 0 Å². The molecule has 0 aliphatic carbocycles. The zero-order valence-corrected chi connectivity index (χ0v) is 9.05. The fourth-order valence-electron chi connectivity index (χ4n) is 1.66. The van der Waals surface area contributed by atoms with Crippen molar-refractivity contribution < 1.29 is 0 Å². The molecule has 3 heterocycles. The smallest absolute Gasteiger partial charge is 0.187 e. The Morgan fingerprint density at radius 1 is 1.29 bits per heavy atom. The Morgan fingerprint density at radius 2 is 2.18 bits per heavy atom. The van der Waals surface area contributed by atoms with Gasteiger partial charge in [0.15, 0.2) is 11.5 Å². The fraction of sp³-hybridized carbons (Fsp3) is 0.100. The van der Waals surface area contributed by atoms with Crippen LogP contribution in [0.2, 0.25) is 0 Å². The molecule has 7 heteroatoms. The molecule has 3 rings (SSSR count). The number of rotatable bonds is 1. The summed E-state index contributed by atoms with van der Waals surface area (Å²) in [5.74, 6) is 0.970. The molecule has 3 N–H and O–H groups in total. The monoisotopic (exact) mass is 227 g/mol. The van der Waals surface area contributed by atoms with Crippen LogP contribution in [0, 0.1) is 6.92 Å². The number of hydrogen-bond acceptors (Lipinski definition) is 6. The topological polar surface area (TPSA) is 106 Å². The standard InChI is InChI=1S/C10H9N7/c1-5-7-8(11)16-17-10(7)14-9(13-5)6-3-2-4-12-15-6/h2-4H,1H3,(H3,11,13,14,16,17). The van der Waals surface area contributed by atoms with Gasteiger partial charge in [-0.15, -0.1) is 5.10 Å². The van der Waals surface area contributed by atoms with Crippen LogP contribution in [0.1, 0.15) is 5.69 Å². The number of aryl methyl sites for hydroxylation is 1. The summed E-state index contributed by atoms with van der Waals surface area (Å²) >= 11 is 0. The summed E-state index contributed by atoms with van der Waals surface area (Å²) in [6.07, 6.45) is 1.60. The molecule has 3 aromatic rings. The van der Waals surface area contributed by atoms with Gasteiger partial charge < -0.3 is 5.73 Å². The van der Waals surface area contributed by atoms with Gasteiger partial charge in [-0.2, -0.15) is 10.2 Å². The van der Waals surface area contributed by atoms with Crippen LogP contribution in [0.15, 0.2) is 18.3 Å². The lowest BCUT2D eigenvalue weighted by molar-refractivity contribution is 1.01. The molecule has 0 fully saturated rings. The third-order valence-corrected chi connectivity index (χ3v) is 2.42. The Kier molecular flexibility index (Phi) is 1.97. The molecule has 0 saturated carbocycles. The second-order valence-corrected chi connectivity index (χ2v) is 3.58. The molecule has 0 aliphatic heterocycles. The highest BCUT2D eigenvalue weighted by Crippen LogP contribution is 2.21. The van der Waals surface area contributed by atoms with Crippen LogP contribution in [0.25, 0.3) is 22.6 Å². The van der Waals surface area contributed by atoms with Gasteiger partial charge in [0.25, 0.3) is 0 Å². The van der Waals surface area contributed by atoms with Crippen molar-refractivity contribution in [2.24, 2.45) is 0 Å². The van der Waals surface area contributed by atoms with Crippen LogP contribution in [0.4, 0.5) is 5.82 Å². The molecule has 3 aromatic heterocycles. The first-order valence-corrected chi connectivity index (χ1v) is 5.02. The van der Waals surface area contributed by atoms with E-state index in [9.17, 15) is 0 Å². The lowest BCUT2D eigenvalue weighted by atomic mass is 10.2. The summed E-state index contributed by atoms with van der Waals surface area (Å²) in [6, 6.07) is 3.58. The third kappa shape index (κ3) is 1.48. The SMILES string of the molecule is Cc1nc(-c2cccnn2)nc2n[nH]c(N)c12. The number of nitrogens with zero attached hydrogens (tertiary/aromatic N) is 5. The maximum atomic E-state index is 5.74. The van der Waals surface area contributed by atoms with E-state index in [0.717, 1.165) is 11.1 Å². The second kappa shape index (κ2) is 3.48. The summed E-state index contributed by atoms with van der Waals surface area (Å²) in [7, 11) is 0. The van der Waals surface area contributed by atoms with Gasteiger partial charge in [0.1, 0.15) is 11.5 Å². The van der Waals surface area contributed by atoms with E-state index in [1.54, 1.807) is 18.3 Å². The lowest BCUT2D eigenvalue weighted by Crippen LogP contribution is -1.96. The van der Waals surface area contributed by atoms with Crippen LogP contribution in [0.3, 0.4) is 0 Å². The Bertz CT molecular complexity index is 674. The van der Waals surface area contributed by atoms with Crippen molar-refractivity contribution in [1.29, 1.82) is 0 Å². The minimum Gasteiger partial charge on any atom is -0.383 e. The number of nitrogens with two attached hydrogens (primary N) is 1. The number of H-pyrrole nitrogens is 1. The van der Waals surface area contributed by atoms with E-state index < -0.39 is 0 Å². The van der Waals surface area contributed by atoms with Crippen molar-refractivity contribution >= 4 is 16.9 Å². The van der Waals surface area contributed by atoms with E-state index in [-0.39, 0.29) is 0 Å². The predicted molar refractivity (Wildman–Crippen MR) is 61.9 cm³/mol. The van der Waals surface area contributed by atoms with Crippen LogP contribution >= 0.6 is 0 Å². The van der Waals surface area contributed by atoms with Crippen LogP contribution in [0.5, 0.6) is 0 Å². The molecular formula is C10H9N7. The molecular weight excluding hydrogens is 218 g/mol. The molecule has 0 spiro atoms. The summed E-state index contributed by atoms with van der Waals surface area (Å²) in [6.45, 7) is 1.86. The molecule has 0 saturated heterocycles. The van der Waals surface area contributed by atoms with Crippen molar-refractivity contribution in [2.45, 2.75) is 6.92 Å². The molecule has 17 heavy (non-hydrogen) atoms. The zero-order valence-electron chi connectivity index (χ0n) is 9.05. The molecule has 7 nitrogen and oxygen atoms in total. The first kappa shape index (κ1) is 9.64. The highest BCUT2D eigenvalue weighted by Gasteiger charge is 2.12. The van der Waals surface area contributed by atoms with Crippen LogP contribution in [-0.2, 0) is 0 Å². The fourth-order valence-corrected chi connectivity index (χ4v) is 1.66. The summed E-state index contributed by atoms with van der Waals surface area (Å²) in [5, 5.41) is 15.2. The number of fused-ring (bicyclic) bond motifs is 1. The maximum absolute atomic E-state index is 5.74. The first-order valence-electron chi connectivity index (χ1n) is 5.02. The van der Waals surface area contributed by atoms with Gasteiger partial charge in [-0.25, -0.2) is 9.97 Å². The number of nitrogen functional groups attached to an aromatic ring is 1. The van der Waals surface area contributed by atoms with Gasteiger partial charge >= 0.3 is 0 Å². The molecule has 0 unspecified atom stereocenters. The van der Waals surface area contributed by atoms with Gasteiger partial charge in [0.05, 0.1) is 11.1 Å². The van der Waals surface area contributed by atoms with Crippen molar-refractivity contribution in [3.63, 3.8) is 0 Å². The molecule has 0 amide bonds. The minimum atomic E-state index is 0.475. The maximum Gasteiger partial charge on any atom is 0.187 e. The Hall–Kier alpha value is -2.57. The van der Waals surface area contributed by atoms with Crippen LogP contribution in [-0.4, -0.2) is 30.4 Å². The van der Waals surface area contributed by atoms with E-state index in [0.29, 0.717) is 23.0 Å². The Labute approximate surface area is 96.1 Å². The first-order chi connectivity index (χ1) is 8.25. The quantitative estimate of drug-likeness (QED) is 0.633. The largest absolute Gasteiger partial charge is 0.383 e. The molecule has 84 valence electrons. The number of aromatic nitrogens is 6. The van der Waals surface area contributed by atoms with Gasteiger partial charge in [-0.1, -0.05) is 0 Å². The van der Waals surface area contributed by atoms with E-state index in [2.05, 4.69) is 30.4 Å². The second-order valence-electron chi connectivity index (χ2n) is 3.58. The molecule has 0 atom stereocenters. The normalized spacial score (nSPS) is 10.9. The number of nitrogens with one attached hydrogen (secondary N) is 1. The van der Waals surface area contributed by atoms with Crippen LogP contribution < -0.4 is 5.73 Å². The third-order valence-electron chi connectivity index (χ3n) is 2.42. The number of aromatic amines is 1. The average molecular weight is 227 g/mol. The van der Waals surface area contributed by atoms with Gasteiger partial charge in [0, 0.05) is 6.20 Å². The number of anilines is 1. The average Bonchev–Trinajstić information content (AvgIpc) is 2.73. The van der Waals surface area contributed by atoms with Crippen molar-refractivity contribution in [1.82, 2.24) is 30.4 Å². The van der Waals surface area contributed by atoms with Gasteiger partial charge in [-0.05, 0) is 19.1 Å². The highest BCUT2D eigenvalue weighted by atomic mass is 15.2. The van der Waals surface area contributed by atoms with E-state index in [4.69, 9.17) is 5.73 Å². The van der Waals surface area contributed by atoms with E-state index in [1.807, 2.05) is 6.92 Å². The Morgan fingerprint density at radius 3 is 2.94 bits per heavy atom. The van der Waals surface area contributed by atoms with E-state index >= 15 is 0 Å². The zero-order chi connectivity index (χ0) is 11.8. The number of hydrogen-bond donors (Lipinski definition) is 2. The Balaban J connectivity index is 2.26. The predicted octanol–water partition coefficient (Wildman–Crippen LogP) is 0.701. The summed E-state index contributed by atoms with van der Waals surface area (Å²) < 4.78 is 0. The minimum absolute atomic E-state index is 0.475. The van der Waals surface area contributed by atoms with Crippen molar-refractivity contribution in [3.05, 3.63) is 24.0 Å².